The first-order valence-corrected chi connectivity index (χ1v) is 9.68. The number of anilines is 1. The number of hydrogen-bond acceptors (Lipinski definition) is 1. The monoisotopic (exact) mass is 359 g/mol. The Kier molecular flexibility index (Phi) is 3.92. The van der Waals surface area contributed by atoms with Gasteiger partial charge in [-0.3, -0.25) is 0 Å². The maximum Gasteiger partial charge on any atom is 0.0711 e. The van der Waals surface area contributed by atoms with Crippen LogP contribution in [-0.4, -0.2) is 7.05 Å². The van der Waals surface area contributed by atoms with Crippen LogP contribution in [0.25, 0.3) is 5.57 Å². The highest BCUT2D eigenvalue weighted by atomic mass is 14.8. The van der Waals surface area contributed by atoms with E-state index in [-0.39, 0.29) is 5.41 Å². The summed E-state index contributed by atoms with van der Waals surface area (Å²) in [6.07, 6.45) is 5.01. The van der Waals surface area contributed by atoms with Crippen molar-refractivity contribution >= 4 is 11.3 Å². The largest absolute Gasteiger partial charge is 0.388 e. The van der Waals surface area contributed by atoms with E-state index in [0.29, 0.717) is 0 Å². The fraction of sp³-hybridized carbons (Fsp3) is 0.111. The van der Waals surface area contributed by atoms with E-state index in [0.717, 1.165) is 12.1 Å². The summed E-state index contributed by atoms with van der Waals surface area (Å²) in [4.78, 5) is 0. The molecule has 0 aliphatic heterocycles. The number of benzene rings is 3. The highest BCUT2D eigenvalue weighted by Gasteiger charge is 2.46. The van der Waals surface area contributed by atoms with Gasteiger partial charge in [0, 0.05) is 19.2 Å². The average Bonchev–Trinajstić information content (AvgIpc) is 2.89. The first-order chi connectivity index (χ1) is 13.9. The van der Waals surface area contributed by atoms with E-state index in [1.807, 2.05) is 13.1 Å². The Morgan fingerprint density at radius 2 is 1.54 bits per heavy atom. The Morgan fingerprint density at radius 3 is 2.18 bits per heavy atom. The highest BCUT2D eigenvalue weighted by Crippen LogP contribution is 2.56. The van der Waals surface area contributed by atoms with Crippen LogP contribution in [0, 0.1) is 11.8 Å². The van der Waals surface area contributed by atoms with Gasteiger partial charge in [0.2, 0.25) is 0 Å². The Morgan fingerprint density at radius 1 is 0.857 bits per heavy atom. The van der Waals surface area contributed by atoms with Crippen molar-refractivity contribution in [2.24, 2.45) is 0 Å². The molecule has 0 heterocycles. The smallest absolute Gasteiger partial charge is 0.0711 e. The predicted molar refractivity (Wildman–Crippen MR) is 117 cm³/mol. The second-order valence-electron chi connectivity index (χ2n) is 7.22. The molecule has 0 unspecified atom stereocenters. The zero-order valence-corrected chi connectivity index (χ0v) is 15.9. The van der Waals surface area contributed by atoms with Gasteiger partial charge in [0.1, 0.15) is 0 Å². The number of allylic oxidation sites excluding steroid dienone is 4. The molecule has 28 heavy (non-hydrogen) atoms. The molecule has 1 nitrogen and oxygen atoms in total. The summed E-state index contributed by atoms with van der Waals surface area (Å²) >= 11 is 0. The minimum atomic E-state index is -0.343. The molecule has 0 amide bonds. The Labute approximate surface area is 166 Å². The second-order valence-corrected chi connectivity index (χ2v) is 7.22. The minimum Gasteiger partial charge on any atom is -0.388 e. The molecule has 0 saturated carbocycles. The molecule has 3 aromatic rings. The molecule has 0 aromatic heterocycles. The summed E-state index contributed by atoms with van der Waals surface area (Å²) in [5.41, 5.74) is 8.65. The molecular formula is C27H21N. The van der Waals surface area contributed by atoms with E-state index in [1.54, 1.807) is 0 Å². The van der Waals surface area contributed by atoms with Crippen molar-refractivity contribution in [2.45, 2.75) is 11.8 Å². The van der Waals surface area contributed by atoms with Gasteiger partial charge in [-0.2, -0.15) is 0 Å². The zero-order chi connectivity index (χ0) is 19.0. The molecule has 1 N–H and O–H groups in total. The van der Waals surface area contributed by atoms with Crippen molar-refractivity contribution in [2.75, 3.05) is 12.4 Å². The third kappa shape index (κ3) is 2.28. The van der Waals surface area contributed by atoms with E-state index in [2.05, 4.69) is 102 Å². The van der Waals surface area contributed by atoms with Crippen LogP contribution in [0.15, 0.2) is 96.6 Å². The van der Waals surface area contributed by atoms with Crippen LogP contribution in [0.2, 0.25) is 0 Å². The van der Waals surface area contributed by atoms with E-state index >= 15 is 0 Å². The van der Waals surface area contributed by atoms with E-state index < -0.39 is 0 Å². The van der Waals surface area contributed by atoms with Crippen molar-refractivity contribution in [1.82, 2.24) is 0 Å². The van der Waals surface area contributed by atoms with Crippen molar-refractivity contribution in [1.29, 1.82) is 0 Å². The molecule has 134 valence electrons. The first-order valence-electron chi connectivity index (χ1n) is 9.68. The molecule has 3 aromatic carbocycles. The van der Waals surface area contributed by atoms with Gasteiger partial charge in [-0.1, -0.05) is 78.6 Å². The maximum absolute atomic E-state index is 3.33. The molecule has 1 heteroatoms. The van der Waals surface area contributed by atoms with Gasteiger partial charge in [0.25, 0.3) is 0 Å². The third-order valence-electron chi connectivity index (χ3n) is 5.88. The molecule has 5 rings (SSSR count). The van der Waals surface area contributed by atoms with Gasteiger partial charge in [-0.25, -0.2) is 0 Å². The van der Waals surface area contributed by atoms with Crippen molar-refractivity contribution in [3.63, 3.8) is 0 Å². The maximum atomic E-state index is 3.33. The lowest BCUT2D eigenvalue weighted by Crippen LogP contribution is -2.29. The Balaban J connectivity index is 1.94. The molecule has 0 spiro atoms. The van der Waals surface area contributed by atoms with Gasteiger partial charge < -0.3 is 5.32 Å². The van der Waals surface area contributed by atoms with Gasteiger partial charge in [0.15, 0.2) is 0 Å². The number of fused-ring (bicyclic) bond motifs is 2. The Hall–Kier alpha value is -3.50. The summed E-state index contributed by atoms with van der Waals surface area (Å²) in [7, 11) is 1.98. The Bertz CT molecular complexity index is 1120. The van der Waals surface area contributed by atoms with Gasteiger partial charge >= 0.3 is 0 Å². The summed E-state index contributed by atoms with van der Waals surface area (Å²) in [6, 6.07) is 28.4. The molecular weight excluding hydrogens is 338 g/mol. The van der Waals surface area contributed by atoms with Crippen LogP contribution in [0.1, 0.15) is 28.7 Å². The summed E-state index contributed by atoms with van der Waals surface area (Å²) < 4.78 is 0. The average molecular weight is 359 g/mol. The van der Waals surface area contributed by atoms with Crippen molar-refractivity contribution < 1.29 is 0 Å². The zero-order valence-electron chi connectivity index (χ0n) is 15.9. The van der Waals surface area contributed by atoms with E-state index in [1.165, 1.54) is 33.4 Å². The molecule has 2 aliphatic carbocycles. The molecule has 0 bridgehead atoms. The summed E-state index contributed by atoms with van der Waals surface area (Å²) in [6.45, 7) is 0. The third-order valence-corrected chi connectivity index (χ3v) is 5.88. The fourth-order valence-corrected chi connectivity index (χ4v) is 4.69. The molecule has 0 fully saturated rings. The minimum absolute atomic E-state index is 0.343. The fourth-order valence-electron chi connectivity index (χ4n) is 4.69. The van der Waals surface area contributed by atoms with Crippen molar-refractivity contribution in [3.05, 3.63) is 119 Å². The lowest BCUT2D eigenvalue weighted by molar-refractivity contribution is 0.761. The molecule has 0 saturated heterocycles. The van der Waals surface area contributed by atoms with Gasteiger partial charge in [-0.15, -0.1) is 0 Å². The number of hydrogen-bond donors (Lipinski definition) is 1. The van der Waals surface area contributed by atoms with Crippen LogP contribution in [0.4, 0.5) is 5.69 Å². The lowest BCUT2D eigenvalue weighted by atomic mass is 9.66. The normalized spacial score (nSPS) is 15.9. The first kappa shape index (κ1) is 16.7. The lowest BCUT2D eigenvalue weighted by Gasteiger charge is -2.35. The molecule has 0 atom stereocenters. The summed E-state index contributed by atoms with van der Waals surface area (Å²) in [5.74, 6) is 6.50. The van der Waals surface area contributed by atoms with Crippen LogP contribution in [0.5, 0.6) is 0 Å². The van der Waals surface area contributed by atoms with Crippen LogP contribution >= 0.6 is 0 Å². The van der Waals surface area contributed by atoms with Crippen molar-refractivity contribution in [3.8, 4) is 11.8 Å². The van der Waals surface area contributed by atoms with Gasteiger partial charge in [-0.05, 0) is 57.7 Å². The topological polar surface area (TPSA) is 12.0 Å². The highest BCUT2D eigenvalue weighted by molar-refractivity contribution is 5.89. The number of nitrogens with one attached hydrogen (secondary N) is 1. The number of rotatable bonds is 3. The van der Waals surface area contributed by atoms with Crippen LogP contribution in [-0.2, 0) is 5.41 Å². The van der Waals surface area contributed by atoms with E-state index in [4.69, 9.17) is 0 Å². The van der Waals surface area contributed by atoms with Crippen LogP contribution < -0.4 is 5.32 Å². The SMILES string of the molecule is CNc1ccc2c(c1)C(c1ccccc1)(c1ccccc1)C1=C2CC#CC=C1. The van der Waals surface area contributed by atoms with Crippen LogP contribution in [0.3, 0.4) is 0 Å². The molecule has 0 radical (unpaired) electrons. The second kappa shape index (κ2) is 6.59. The van der Waals surface area contributed by atoms with E-state index in [9.17, 15) is 0 Å². The van der Waals surface area contributed by atoms with Gasteiger partial charge in [0.05, 0.1) is 5.41 Å². The quantitative estimate of drug-likeness (QED) is 0.583. The summed E-state index contributed by atoms with van der Waals surface area (Å²) in [5, 5.41) is 3.33. The molecule has 2 aliphatic rings. The predicted octanol–water partition coefficient (Wildman–Crippen LogP) is 5.79. The standard InChI is InChI=1S/C27H21N/c1-28-22-17-18-24-23-15-9-4-10-16-25(23)27(26(24)19-22,20-11-5-2-6-12-20)21-13-7-3-8-14-21/h2-3,5-8,10-14,16-19,28H,15H2,1H3.